The number of carbonyl (C=O) groups excluding carboxylic acids is 1. The van der Waals surface area contributed by atoms with Crippen molar-refractivity contribution >= 4 is 5.91 Å². The van der Waals surface area contributed by atoms with E-state index in [1.807, 2.05) is 19.1 Å². The Labute approximate surface area is 150 Å². The summed E-state index contributed by atoms with van der Waals surface area (Å²) in [5.74, 6) is 1.31. The van der Waals surface area contributed by atoms with Crippen LogP contribution in [0.25, 0.3) is 0 Å². The third-order valence-electron chi connectivity index (χ3n) is 5.15. The molecule has 0 radical (unpaired) electrons. The molecule has 0 bridgehead atoms. The maximum absolute atomic E-state index is 12.4. The van der Waals surface area contributed by atoms with Crippen LogP contribution in [-0.2, 0) is 16.1 Å². The van der Waals surface area contributed by atoms with Gasteiger partial charge in [-0.1, -0.05) is 18.2 Å². The molecule has 2 saturated heterocycles. The van der Waals surface area contributed by atoms with E-state index >= 15 is 0 Å². The summed E-state index contributed by atoms with van der Waals surface area (Å²) >= 11 is 0. The van der Waals surface area contributed by atoms with Crippen molar-refractivity contribution in [3.05, 3.63) is 29.8 Å². The Morgan fingerprint density at radius 2 is 2.08 bits per heavy atom. The highest BCUT2D eigenvalue weighted by Crippen LogP contribution is 2.24. The lowest BCUT2D eigenvalue weighted by molar-refractivity contribution is -0.127. The highest BCUT2D eigenvalue weighted by Gasteiger charge is 2.26. The van der Waals surface area contributed by atoms with Gasteiger partial charge in [-0.25, -0.2) is 0 Å². The van der Waals surface area contributed by atoms with Crippen molar-refractivity contribution < 1.29 is 14.3 Å². The molecule has 2 heterocycles. The highest BCUT2D eigenvalue weighted by molar-refractivity contribution is 5.78. The second kappa shape index (κ2) is 9.20. The number of nitrogens with one attached hydrogen (secondary N) is 1. The van der Waals surface area contributed by atoms with Gasteiger partial charge < -0.3 is 14.8 Å². The fourth-order valence-electron chi connectivity index (χ4n) is 3.69. The Morgan fingerprint density at radius 1 is 1.28 bits per heavy atom. The van der Waals surface area contributed by atoms with Crippen molar-refractivity contribution in [3.8, 4) is 5.75 Å². The maximum Gasteiger partial charge on any atom is 0.223 e. The van der Waals surface area contributed by atoms with Gasteiger partial charge in [-0.15, -0.1) is 0 Å². The molecule has 0 spiro atoms. The second-order valence-electron chi connectivity index (χ2n) is 6.97. The Morgan fingerprint density at radius 3 is 2.80 bits per heavy atom. The minimum absolute atomic E-state index is 0.139. The van der Waals surface area contributed by atoms with E-state index in [1.54, 1.807) is 0 Å². The van der Waals surface area contributed by atoms with E-state index in [9.17, 15) is 4.79 Å². The van der Waals surface area contributed by atoms with Crippen LogP contribution in [0.4, 0.5) is 0 Å². The number of nitrogens with zero attached hydrogens (tertiary/aromatic N) is 1. The normalized spacial score (nSPS) is 22.0. The first-order valence-electron chi connectivity index (χ1n) is 9.58. The van der Waals surface area contributed by atoms with E-state index in [4.69, 9.17) is 9.47 Å². The number of rotatable bonds is 7. The van der Waals surface area contributed by atoms with Crippen LogP contribution in [0.3, 0.4) is 0 Å². The van der Waals surface area contributed by atoms with Crippen molar-refractivity contribution in [2.45, 2.75) is 45.3 Å². The first-order valence-corrected chi connectivity index (χ1v) is 9.58. The van der Waals surface area contributed by atoms with Gasteiger partial charge in [-0.2, -0.15) is 0 Å². The van der Waals surface area contributed by atoms with Crippen molar-refractivity contribution in [1.82, 2.24) is 10.2 Å². The van der Waals surface area contributed by atoms with Crippen LogP contribution in [0.5, 0.6) is 5.75 Å². The van der Waals surface area contributed by atoms with Crippen LogP contribution in [0.1, 0.15) is 38.2 Å². The van der Waals surface area contributed by atoms with Crippen LogP contribution < -0.4 is 10.1 Å². The van der Waals surface area contributed by atoms with Crippen LogP contribution in [0, 0.1) is 5.92 Å². The Kier molecular flexibility index (Phi) is 6.70. The second-order valence-corrected chi connectivity index (χ2v) is 6.97. The van der Waals surface area contributed by atoms with Crippen LogP contribution >= 0.6 is 0 Å². The summed E-state index contributed by atoms with van der Waals surface area (Å²) in [7, 11) is 0. The van der Waals surface area contributed by atoms with Crippen LogP contribution in [0.2, 0.25) is 0 Å². The number of ether oxygens (including phenoxy) is 2. The molecule has 1 N–H and O–H groups in total. The van der Waals surface area contributed by atoms with Crippen molar-refractivity contribution in [2.24, 2.45) is 5.92 Å². The number of likely N-dealkylation sites (tertiary alicyclic amines) is 1. The lowest BCUT2D eigenvalue weighted by Gasteiger charge is -2.31. The van der Waals surface area contributed by atoms with E-state index in [0.29, 0.717) is 13.2 Å². The molecule has 3 rings (SSSR count). The number of amides is 1. The summed E-state index contributed by atoms with van der Waals surface area (Å²) in [5.41, 5.74) is 1.23. The largest absolute Gasteiger partial charge is 0.494 e. The van der Waals surface area contributed by atoms with Gasteiger partial charge in [0.2, 0.25) is 5.91 Å². The number of benzene rings is 1. The zero-order valence-electron chi connectivity index (χ0n) is 15.2. The molecular weight excluding hydrogens is 316 g/mol. The molecule has 1 atom stereocenters. The van der Waals surface area contributed by atoms with Crippen molar-refractivity contribution in [3.63, 3.8) is 0 Å². The number of piperidine rings is 1. The number of hydrogen-bond donors (Lipinski definition) is 1. The van der Waals surface area contributed by atoms with Gasteiger partial charge in [0, 0.05) is 31.2 Å². The van der Waals surface area contributed by atoms with Gasteiger partial charge in [0.15, 0.2) is 0 Å². The maximum atomic E-state index is 12.4. The number of hydrogen-bond acceptors (Lipinski definition) is 4. The number of para-hydroxylation sites is 1. The Bertz CT molecular complexity index is 550. The molecule has 0 saturated carbocycles. The summed E-state index contributed by atoms with van der Waals surface area (Å²) in [4.78, 5) is 14.8. The van der Waals surface area contributed by atoms with Crippen molar-refractivity contribution in [2.75, 3.05) is 32.8 Å². The quantitative estimate of drug-likeness (QED) is 0.824. The molecule has 0 aromatic heterocycles. The zero-order valence-corrected chi connectivity index (χ0v) is 15.2. The predicted molar refractivity (Wildman–Crippen MR) is 97.6 cm³/mol. The average molecular weight is 346 g/mol. The Hall–Kier alpha value is -1.59. The lowest BCUT2D eigenvalue weighted by atomic mass is 9.95. The van der Waals surface area contributed by atoms with Gasteiger partial charge in [0.05, 0.1) is 12.7 Å². The third-order valence-corrected chi connectivity index (χ3v) is 5.15. The molecule has 5 nitrogen and oxygen atoms in total. The average Bonchev–Trinajstić information content (AvgIpc) is 3.16. The first kappa shape index (κ1) is 18.2. The summed E-state index contributed by atoms with van der Waals surface area (Å²) in [6.45, 7) is 7.00. The van der Waals surface area contributed by atoms with Crippen LogP contribution in [0.15, 0.2) is 24.3 Å². The molecule has 2 fully saturated rings. The summed E-state index contributed by atoms with van der Waals surface area (Å²) < 4.78 is 11.3. The predicted octanol–water partition coefficient (Wildman–Crippen LogP) is 2.59. The van der Waals surface area contributed by atoms with Gasteiger partial charge >= 0.3 is 0 Å². The molecular formula is C20H30N2O3. The molecule has 0 aliphatic carbocycles. The van der Waals surface area contributed by atoms with Crippen LogP contribution in [-0.4, -0.2) is 49.8 Å². The minimum atomic E-state index is 0.139. The summed E-state index contributed by atoms with van der Waals surface area (Å²) in [6, 6.07) is 8.23. The standard InChI is InChI=1S/C20H30N2O3/c1-2-24-19-8-4-3-6-17(19)15-22-11-9-16(10-12-22)20(23)21-14-18-7-5-13-25-18/h3-4,6,8,16,18H,2,5,7,9-15H2,1H3,(H,21,23)/t18-/m1/s1. The first-order chi connectivity index (χ1) is 12.3. The molecule has 1 aromatic rings. The molecule has 2 aliphatic heterocycles. The third kappa shape index (κ3) is 5.19. The molecule has 1 aromatic carbocycles. The molecule has 5 heteroatoms. The monoisotopic (exact) mass is 346 g/mol. The fraction of sp³-hybridized carbons (Fsp3) is 0.650. The van der Waals surface area contributed by atoms with Gasteiger partial charge in [-0.3, -0.25) is 9.69 Å². The van der Waals surface area contributed by atoms with E-state index in [1.165, 1.54) is 5.56 Å². The molecule has 138 valence electrons. The van der Waals surface area contributed by atoms with Gasteiger partial charge in [0.1, 0.15) is 5.75 Å². The molecule has 2 aliphatic rings. The summed E-state index contributed by atoms with van der Waals surface area (Å²) in [6.07, 6.45) is 4.25. The van der Waals surface area contributed by atoms with E-state index in [2.05, 4.69) is 22.3 Å². The molecule has 1 amide bonds. The smallest absolute Gasteiger partial charge is 0.223 e. The summed E-state index contributed by atoms with van der Waals surface area (Å²) in [5, 5.41) is 3.08. The molecule has 0 unspecified atom stereocenters. The number of carbonyl (C=O) groups is 1. The minimum Gasteiger partial charge on any atom is -0.494 e. The van der Waals surface area contributed by atoms with E-state index in [0.717, 1.165) is 57.7 Å². The van der Waals surface area contributed by atoms with Gasteiger partial charge in [0.25, 0.3) is 0 Å². The topological polar surface area (TPSA) is 50.8 Å². The Balaban J connectivity index is 1.43. The zero-order chi connectivity index (χ0) is 17.5. The lowest BCUT2D eigenvalue weighted by Crippen LogP contribution is -2.42. The van der Waals surface area contributed by atoms with Gasteiger partial charge in [-0.05, 0) is 51.8 Å². The van der Waals surface area contributed by atoms with E-state index in [-0.39, 0.29) is 17.9 Å². The van der Waals surface area contributed by atoms with Crippen molar-refractivity contribution in [1.29, 1.82) is 0 Å². The van der Waals surface area contributed by atoms with E-state index < -0.39 is 0 Å². The molecule has 25 heavy (non-hydrogen) atoms. The SMILES string of the molecule is CCOc1ccccc1CN1CCC(C(=O)NC[C@H]2CCCO2)CC1. The highest BCUT2D eigenvalue weighted by atomic mass is 16.5. The fourth-order valence-corrected chi connectivity index (χ4v) is 3.69.